The first-order chi connectivity index (χ1) is 7.96. The second kappa shape index (κ2) is 6.79. The smallest absolute Gasteiger partial charge is 0.196 e. The molecule has 0 unspecified atom stereocenters. The Hall–Kier alpha value is -0.243. The molecule has 0 aromatic carbocycles. The highest BCUT2D eigenvalue weighted by Gasteiger charge is 2.28. The van der Waals surface area contributed by atoms with Gasteiger partial charge in [0.25, 0.3) is 0 Å². The molecule has 0 heterocycles. The summed E-state index contributed by atoms with van der Waals surface area (Å²) in [6.45, 7) is 14.3. The van der Waals surface area contributed by atoms with Crippen LogP contribution in [0.4, 0.5) is 0 Å². The number of carbonyl (C=O) groups excluding carboxylic acids is 1. The second-order valence-corrected chi connectivity index (χ2v) is 13.1. The lowest BCUT2D eigenvalue weighted by Gasteiger charge is -2.22. The lowest BCUT2D eigenvalue weighted by Crippen LogP contribution is -2.28. The van der Waals surface area contributed by atoms with Gasteiger partial charge in [-0.3, -0.25) is 4.79 Å². The van der Waals surface area contributed by atoms with Gasteiger partial charge in [-0.1, -0.05) is 65.0 Å². The molecule has 0 spiro atoms. The Morgan fingerprint density at radius 3 is 2.17 bits per heavy atom. The number of thioether (sulfide) groups is 1. The Morgan fingerprint density at radius 2 is 1.83 bits per heavy atom. The lowest BCUT2D eigenvalue weighted by atomic mass is 10.0. The van der Waals surface area contributed by atoms with Crippen molar-refractivity contribution in [1.29, 1.82) is 0 Å². The molecule has 4 heteroatoms. The van der Waals surface area contributed by atoms with Crippen LogP contribution in [0.3, 0.4) is 0 Å². The van der Waals surface area contributed by atoms with Gasteiger partial charge in [0.2, 0.25) is 0 Å². The normalized spacial score (nSPS) is 15.6. The minimum atomic E-state index is -1.50. The maximum Gasteiger partial charge on any atom is 0.196 e. The zero-order valence-corrected chi connectivity index (χ0v) is 14.4. The minimum absolute atomic E-state index is 0.0439. The van der Waals surface area contributed by atoms with Crippen molar-refractivity contribution in [1.82, 2.24) is 0 Å². The van der Waals surface area contributed by atoms with Crippen LogP contribution >= 0.6 is 11.8 Å². The van der Waals surface area contributed by atoms with Gasteiger partial charge in [-0.05, 0) is 6.42 Å². The van der Waals surface area contributed by atoms with Gasteiger partial charge >= 0.3 is 0 Å². The van der Waals surface area contributed by atoms with E-state index in [0.29, 0.717) is 6.42 Å². The lowest BCUT2D eigenvalue weighted by molar-refractivity contribution is -0.116. The number of hydrogen-bond donors (Lipinski definition) is 1. The number of rotatable bonds is 3. The molecular weight excluding hydrogens is 260 g/mol. The molecule has 0 saturated heterocycles. The molecule has 0 aromatic heterocycles. The molecule has 0 radical (unpaired) electrons. The van der Waals surface area contributed by atoms with Crippen LogP contribution in [-0.4, -0.2) is 29.1 Å². The maximum absolute atomic E-state index is 12.1. The highest BCUT2D eigenvalue weighted by atomic mass is 32.2. The van der Waals surface area contributed by atoms with Crippen LogP contribution in [0.25, 0.3) is 0 Å². The first-order valence-corrected chi connectivity index (χ1v) is 10.7. The molecule has 0 rings (SSSR count). The number of hydrogen-bond acceptors (Lipinski definition) is 3. The third-order valence-electron chi connectivity index (χ3n) is 2.13. The summed E-state index contributed by atoms with van der Waals surface area (Å²) in [6, 6.07) is 0. The SMILES string of the molecule is CC[C@@H](C(=O)SC(C)(C)C)[C@@H](O)C#C[Si](C)(C)C. The summed E-state index contributed by atoms with van der Waals surface area (Å²) in [5.74, 6) is 2.50. The average molecular weight is 287 g/mol. The van der Waals surface area contributed by atoms with E-state index in [-0.39, 0.29) is 15.8 Å². The van der Waals surface area contributed by atoms with Crippen LogP contribution in [0, 0.1) is 17.4 Å². The standard InChI is InChI=1S/C14H26O2SSi/c1-8-11(13(16)17-14(2,3)4)12(15)9-10-18(5,6)7/h11-12,15H,8H2,1-7H3/t11-,12+/m1/s1. The van der Waals surface area contributed by atoms with E-state index in [1.165, 1.54) is 11.8 Å². The van der Waals surface area contributed by atoms with Crippen LogP contribution in [-0.2, 0) is 4.79 Å². The average Bonchev–Trinajstić information content (AvgIpc) is 2.11. The van der Waals surface area contributed by atoms with Crippen LogP contribution in [0.5, 0.6) is 0 Å². The molecule has 18 heavy (non-hydrogen) atoms. The van der Waals surface area contributed by atoms with E-state index >= 15 is 0 Å². The fourth-order valence-electron chi connectivity index (χ4n) is 1.29. The zero-order chi connectivity index (χ0) is 14.6. The molecule has 0 aliphatic carbocycles. The van der Waals surface area contributed by atoms with E-state index in [1.54, 1.807) is 0 Å². The van der Waals surface area contributed by atoms with E-state index in [9.17, 15) is 9.90 Å². The minimum Gasteiger partial charge on any atom is -0.380 e. The maximum atomic E-state index is 12.1. The Kier molecular flexibility index (Phi) is 6.70. The van der Waals surface area contributed by atoms with E-state index in [0.717, 1.165) is 0 Å². The van der Waals surface area contributed by atoms with Crippen molar-refractivity contribution in [2.75, 3.05) is 0 Å². The fourth-order valence-corrected chi connectivity index (χ4v) is 2.92. The molecule has 2 nitrogen and oxygen atoms in total. The monoisotopic (exact) mass is 286 g/mol. The largest absolute Gasteiger partial charge is 0.380 e. The molecule has 2 atom stereocenters. The van der Waals surface area contributed by atoms with E-state index in [1.807, 2.05) is 27.7 Å². The Balaban J connectivity index is 4.77. The van der Waals surface area contributed by atoms with Crippen molar-refractivity contribution in [3.63, 3.8) is 0 Å². The highest BCUT2D eigenvalue weighted by molar-refractivity contribution is 8.14. The molecule has 0 aliphatic heterocycles. The van der Waals surface area contributed by atoms with E-state index in [2.05, 4.69) is 31.1 Å². The van der Waals surface area contributed by atoms with Crippen LogP contribution in [0.1, 0.15) is 34.1 Å². The molecule has 0 amide bonds. The molecule has 1 N–H and O–H groups in total. The summed E-state index contributed by atoms with van der Waals surface area (Å²) in [7, 11) is -1.50. The number of aliphatic hydroxyl groups is 1. The van der Waals surface area contributed by atoms with Gasteiger partial charge in [0, 0.05) is 4.75 Å². The third-order valence-corrected chi connectivity index (χ3v) is 4.14. The number of carbonyl (C=O) groups is 1. The Morgan fingerprint density at radius 1 is 1.33 bits per heavy atom. The zero-order valence-electron chi connectivity index (χ0n) is 12.6. The summed E-state index contributed by atoms with van der Waals surface area (Å²) in [6.07, 6.45) is -0.201. The van der Waals surface area contributed by atoms with Crippen LogP contribution in [0.2, 0.25) is 19.6 Å². The molecule has 0 bridgehead atoms. The van der Waals surface area contributed by atoms with Gasteiger partial charge in [0.15, 0.2) is 5.12 Å². The first-order valence-electron chi connectivity index (χ1n) is 6.40. The molecule has 0 aromatic rings. The van der Waals surface area contributed by atoms with Crippen molar-refractivity contribution < 1.29 is 9.90 Å². The van der Waals surface area contributed by atoms with E-state index < -0.39 is 14.2 Å². The second-order valence-electron chi connectivity index (χ2n) is 6.51. The van der Waals surface area contributed by atoms with Crippen LogP contribution in [0.15, 0.2) is 0 Å². The van der Waals surface area contributed by atoms with Crippen LogP contribution < -0.4 is 0 Å². The van der Waals surface area contributed by atoms with Crippen molar-refractivity contribution in [3.05, 3.63) is 0 Å². The Bertz CT molecular complexity index is 342. The summed E-state index contributed by atoms with van der Waals surface area (Å²) in [5.41, 5.74) is 3.13. The quantitative estimate of drug-likeness (QED) is 0.639. The van der Waals surface area contributed by atoms with Gasteiger partial charge in [0.05, 0.1) is 5.92 Å². The summed E-state index contributed by atoms with van der Waals surface area (Å²) >= 11 is 1.30. The third kappa shape index (κ3) is 7.96. The van der Waals surface area contributed by atoms with Gasteiger partial charge in [-0.2, -0.15) is 0 Å². The van der Waals surface area contributed by atoms with Crippen molar-refractivity contribution >= 4 is 25.0 Å². The van der Waals surface area contributed by atoms with Gasteiger partial charge in [-0.25, -0.2) is 0 Å². The topological polar surface area (TPSA) is 37.3 Å². The van der Waals surface area contributed by atoms with Crippen molar-refractivity contribution in [3.8, 4) is 11.5 Å². The van der Waals surface area contributed by atoms with E-state index in [4.69, 9.17) is 0 Å². The fraction of sp³-hybridized carbons (Fsp3) is 0.786. The van der Waals surface area contributed by atoms with Crippen molar-refractivity contribution in [2.45, 2.75) is 64.6 Å². The Labute approximate surface area is 117 Å². The van der Waals surface area contributed by atoms with Gasteiger partial charge < -0.3 is 5.11 Å². The molecule has 0 fully saturated rings. The molecule has 104 valence electrons. The molecule has 0 saturated carbocycles. The predicted molar refractivity (Wildman–Crippen MR) is 83.3 cm³/mol. The summed E-state index contributed by atoms with van der Waals surface area (Å²) in [5, 5.41) is 10.1. The van der Waals surface area contributed by atoms with Gasteiger partial charge in [-0.15, -0.1) is 5.54 Å². The first kappa shape index (κ1) is 17.8. The van der Waals surface area contributed by atoms with Gasteiger partial charge in [0.1, 0.15) is 14.2 Å². The van der Waals surface area contributed by atoms with Crippen molar-refractivity contribution in [2.24, 2.45) is 5.92 Å². The summed E-state index contributed by atoms with van der Waals surface area (Å²) < 4.78 is -0.115. The number of aliphatic hydroxyl groups excluding tert-OH is 1. The molecular formula is C14H26O2SSi. The highest BCUT2D eigenvalue weighted by Crippen LogP contribution is 2.29. The molecule has 0 aliphatic rings. The summed E-state index contributed by atoms with van der Waals surface area (Å²) in [4.78, 5) is 12.1. The predicted octanol–water partition coefficient (Wildman–Crippen LogP) is 3.31.